The molecule has 0 saturated carbocycles. The quantitative estimate of drug-likeness (QED) is 0.683. The van der Waals surface area contributed by atoms with Crippen molar-refractivity contribution < 1.29 is 9.59 Å². The van der Waals surface area contributed by atoms with Gasteiger partial charge in [-0.25, -0.2) is 0 Å². The molecule has 0 saturated heterocycles. The van der Waals surface area contributed by atoms with Gasteiger partial charge in [0.05, 0.1) is 5.41 Å². The summed E-state index contributed by atoms with van der Waals surface area (Å²) in [7, 11) is 1.75. The number of para-hydroxylation sites is 1. The monoisotopic (exact) mass is 203 g/mol. The molecular formula is C12H13NO2. The summed E-state index contributed by atoms with van der Waals surface area (Å²) in [5.74, 6) is -0.00389. The van der Waals surface area contributed by atoms with Crippen molar-refractivity contribution in [2.24, 2.45) is 0 Å². The molecule has 0 fully saturated rings. The number of rotatable bonds is 2. The van der Waals surface area contributed by atoms with Crippen molar-refractivity contribution in [1.82, 2.24) is 0 Å². The molecule has 1 amide bonds. The van der Waals surface area contributed by atoms with E-state index in [9.17, 15) is 9.59 Å². The molecule has 2 rings (SSSR count). The number of benzene rings is 1. The number of nitrogens with zero attached hydrogens (tertiary/aromatic N) is 1. The first-order chi connectivity index (χ1) is 7.11. The first-order valence-corrected chi connectivity index (χ1v) is 4.92. The predicted octanol–water partition coefficient (Wildman–Crippen LogP) is 1.51. The maximum absolute atomic E-state index is 12.0. The molecule has 1 heterocycles. The maximum atomic E-state index is 12.0. The van der Waals surface area contributed by atoms with Crippen molar-refractivity contribution in [2.45, 2.75) is 18.8 Å². The van der Waals surface area contributed by atoms with Crippen LogP contribution in [0.1, 0.15) is 18.9 Å². The van der Waals surface area contributed by atoms with E-state index < -0.39 is 5.41 Å². The predicted molar refractivity (Wildman–Crippen MR) is 57.9 cm³/mol. The lowest BCUT2D eigenvalue weighted by Crippen LogP contribution is -2.36. The standard InChI is InChI=1S/C12H13NO2/c1-12(7-8-14)9-5-3-4-6-10(9)13(2)11(12)15/h3-6,8H,7H2,1-2H3. The van der Waals surface area contributed by atoms with Crippen LogP contribution in [0.25, 0.3) is 0 Å². The first-order valence-electron chi connectivity index (χ1n) is 4.92. The number of amides is 1. The van der Waals surface area contributed by atoms with Gasteiger partial charge in [-0.1, -0.05) is 18.2 Å². The molecule has 3 nitrogen and oxygen atoms in total. The molecule has 1 unspecified atom stereocenters. The van der Waals surface area contributed by atoms with Gasteiger partial charge in [-0.3, -0.25) is 4.79 Å². The van der Waals surface area contributed by atoms with Crippen LogP contribution in [0.4, 0.5) is 5.69 Å². The third kappa shape index (κ3) is 1.19. The van der Waals surface area contributed by atoms with Gasteiger partial charge in [0.2, 0.25) is 5.91 Å². The van der Waals surface area contributed by atoms with Gasteiger partial charge in [-0.05, 0) is 18.6 Å². The number of fused-ring (bicyclic) bond motifs is 1. The molecule has 0 N–H and O–H groups in total. The van der Waals surface area contributed by atoms with E-state index in [4.69, 9.17) is 0 Å². The Morgan fingerprint density at radius 2 is 2.07 bits per heavy atom. The van der Waals surface area contributed by atoms with Gasteiger partial charge < -0.3 is 9.69 Å². The summed E-state index contributed by atoms with van der Waals surface area (Å²) < 4.78 is 0. The summed E-state index contributed by atoms with van der Waals surface area (Å²) in [5, 5.41) is 0. The first kappa shape index (κ1) is 9.90. The van der Waals surface area contributed by atoms with Crippen molar-refractivity contribution in [3.8, 4) is 0 Å². The van der Waals surface area contributed by atoms with Gasteiger partial charge in [0.25, 0.3) is 0 Å². The highest BCUT2D eigenvalue weighted by Crippen LogP contribution is 2.42. The number of anilines is 1. The molecule has 1 atom stereocenters. The van der Waals surface area contributed by atoms with Crippen LogP contribution < -0.4 is 4.90 Å². The van der Waals surface area contributed by atoms with Crippen molar-refractivity contribution in [3.05, 3.63) is 29.8 Å². The summed E-state index contributed by atoms with van der Waals surface area (Å²) in [5.41, 5.74) is 1.18. The minimum atomic E-state index is -0.674. The molecule has 0 bridgehead atoms. The lowest BCUT2D eigenvalue weighted by atomic mass is 9.81. The molecule has 1 aliphatic rings. The summed E-state index contributed by atoms with van der Waals surface area (Å²) in [4.78, 5) is 24.3. The van der Waals surface area contributed by atoms with Crippen LogP contribution in [0.5, 0.6) is 0 Å². The summed E-state index contributed by atoms with van der Waals surface area (Å²) >= 11 is 0. The molecule has 1 aromatic rings. The fourth-order valence-electron chi connectivity index (χ4n) is 2.19. The number of hydrogen-bond acceptors (Lipinski definition) is 2. The van der Waals surface area contributed by atoms with Gasteiger partial charge >= 0.3 is 0 Å². The van der Waals surface area contributed by atoms with Crippen molar-refractivity contribution in [1.29, 1.82) is 0 Å². The van der Waals surface area contributed by atoms with Crippen LogP contribution in [0.3, 0.4) is 0 Å². The van der Waals surface area contributed by atoms with Crippen LogP contribution >= 0.6 is 0 Å². The Balaban J connectivity index is 2.60. The molecular weight excluding hydrogens is 190 g/mol. The zero-order valence-electron chi connectivity index (χ0n) is 8.86. The van der Waals surface area contributed by atoms with Crippen LogP contribution in [-0.2, 0) is 15.0 Å². The summed E-state index contributed by atoms with van der Waals surface area (Å²) in [6, 6.07) is 7.62. The minimum absolute atomic E-state index is 0.00389. The van der Waals surface area contributed by atoms with Gasteiger partial charge in [0.15, 0.2) is 0 Å². The van der Waals surface area contributed by atoms with E-state index in [1.807, 2.05) is 31.2 Å². The smallest absolute Gasteiger partial charge is 0.237 e. The second-order valence-corrected chi connectivity index (χ2v) is 4.08. The van der Waals surface area contributed by atoms with Gasteiger partial charge in [-0.2, -0.15) is 0 Å². The zero-order chi connectivity index (χ0) is 11.1. The second-order valence-electron chi connectivity index (χ2n) is 4.08. The van der Waals surface area contributed by atoms with E-state index in [1.165, 1.54) is 0 Å². The third-order valence-corrected chi connectivity index (χ3v) is 3.13. The Hall–Kier alpha value is -1.64. The average molecular weight is 203 g/mol. The Morgan fingerprint density at radius 3 is 2.73 bits per heavy atom. The molecule has 0 spiro atoms. The lowest BCUT2D eigenvalue weighted by Gasteiger charge is -2.19. The number of aldehydes is 1. The topological polar surface area (TPSA) is 37.4 Å². The molecule has 1 aliphatic heterocycles. The number of carbonyl (C=O) groups is 2. The number of carbonyl (C=O) groups excluding carboxylic acids is 2. The molecule has 0 radical (unpaired) electrons. The highest BCUT2D eigenvalue weighted by Gasteiger charge is 2.45. The van der Waals surface area contributed by atoms with Crippen LogP contribution in [-0.4, -0.2) is 19.2 Å². The number of hydrogen-bond donors (Lipinski definition) is 0. The van der Waals surface area contributed by atoms with Gasteiger partial charge in [-0.15, -0.1) is 0 Å². The minimum Gasteiger partial charge on any atom is -0.314 e. The molecule has 0 aromatic heterocycles. The van der Waals surface area contributed by atoms with E-state index >= 15 is 0 Å². The van der Waals surface area contributed by atoms with Crippen LogP contribution in [0, 0.1) is 0 Å². The maximum Gasteiger partial charge on any atom is 0.237 e. The lowest BCUT2D eigenvalue weighted by molar-refractivity contribution is -0.124. The Kier molecular flexibility index (Phi) is 2.11. The highest BCUT2D eigenvalue weighted by molar-refractivity contribution is 6.08. The normalized spacial score (nSPS) is 24.1. The zero-order valence-corrected chi connectivity index (χ0v) is 8.86. The molecule has 1 aromatic carbocycles. The molecule has 3 heteroatoms. The summed E-state index contributed by atoms with van der Waals surface area (Å²) in [6.45, 7) is 1.83. The van der Waals surface area contributed by atoms with E-state index in [0.717, 1.165) is 17.5 Å². The fourth-order valence-corrected chi connectivity index (χ4v) is 2.19. The van der Waals surface area contributed by atoms with E-state index in [2.05, 4.69) is 0 Å². The molecule has 0 aliphatic carbocycles. The second kappa shape index (κ2) is 3.19. The Labute approximate surface area is 88.7 Å². The summed E-state index contributed by atoms with van der Waals surface area (Å²) in [6.07, 6.45) is 1.06. The van der Waals surface area contributed by atoms with E-state index in [1.54, 1.807) is 11.9 Å². The highest BCUT2D eigenvalue weighted by atomic mass is 16.2. The largest absolute Gasteiger partial charge is 0.314 e. The van der Waals surface area contributed by atoms with Gasteiger partial charge in [0, 0.05) is 19.2 Å². The van der Waals surface area contributed by atoms with Crippen molar-refractivity contribution in [3.63, 3.8) is 0 Å². The SMILES string of the molecule is CN1C(=O)C(C)(CC=O)c2ccccc21. The van der Waals surface area contributed by atoms with Crippen LogP contribution in [0.15, 0.2) is 24.3 Å². The van der Waals surface area contributed by atoms with E-state index in [0.29, 0.717) is 0 Å². The number of likely N-dealkylation sites (N-methyl/N-ethyl adjacent to an activating group) is 1. The van der Waals surface area contributed by atoms with Crippen molar-refractivity contribution in [2.75, 3.05) is 11.9 Å². The Morgan fingerprint density at radius 1 is 1.40 bits per heavy atom. The third-order valence-electron chi connectivity index (χ3n) is 3.13. The van der Waals surface area contributed by atoms with Crippen molar-refractivity contribution >= 4 is 17.9 Å². The van der Waals surface area contributed by atoms with Gasteiger partial charge in [0.1, 0.15) is 6.29 Å². The molecule has 78 valence electrons. The van der Waals surface area contributed by atoms with E-state index in [-0.39, 0.29) is 12.3 Å². The molecule has 15 heavy (non-hydrogen) atoms. The average Bonchev–Trinajstić information content (AvgIpc) is 2.43. The Bertz CT molecular complexity index is 427. The van der Waals surface area contributed by atoms with Crippen LogP contribution in [0.2, 0.25) is 0 Å². The fraction of sp³-hybridized carbons (Fsp3) is 0.333.